The van der Waals surface area contributed by atoms with Crippen molar-refractivity contribution in [1.29, 1.82) is 0 Å². The number of hydrogen-bond acceptors (Lipinski definition) is 0. The molecule has 0 saturated heterocycles. The number of rotatable bonds is 1. The Kier molecular flexibility index (Phi) is 5.02. The summed E-state index contributed by atoms with van der Waals surface area (Å²) in [5.74, 6) is 0. The molecular weight excluding hydrogens is 344 g/mol. The first-order chi connectivity index (χ1) is 6.73. The predicted molar refractivity (Wildman–Crippen MR) is 70.1 cm³/mol. The number of hydrogen-bond donors (Lipinski definition) is 0. The van der Waals surface area contributed by atoms with Crippen LogP contribution >= 0.6 is 81.2 Å². The average molecular weight is 347 g/mol. The molecule has 0 fully saturated rings. The Bertz CT molecular complexity index is 366. The maximum absolute atomic E-state index is 5.90. The van der Waals surface area contributed by atoms with Gasteiger partial charge >= 0.3 is 0 Å². The molecule has 0 unspecified atom stereocenters. The van der Waals surface area contributed by atoms with Crippen molar-refractivity contribution in [2.75, 3.05) is 0 Å². The average Bonchev–Trinajstić information content (AvgIpc) is 2.06. The fraction of sp³-hybridized carbons (Fsp3) is 0.250. The summed E-state index contributed by atoms with van der Waals surface area (Å²) in [6.07, 6.45) is 0. The van der Waals surface area contributed by atoms with Gasteiger partial charge < -0.3 is 0 Å². The highest BCUT2D eigenvalue weighted by atomic mass is 35.6. The van der Waals surface area contributed by atoms with E-state index in [2.05, 4.69) is 0 Å². The van der Waals surface area contributed by atoms with Crippen LogP contribution in [-0.2, 0) is 3.79 Å². The summed E-state index contributed by atoms with van der Waals surface area (Å²) in [7, 11) is 0. The van der Waals surface area contributed by atoms with Crippen molar-refractivity contribution in [2.24, 2.45) is 0 Å². The van der Waals surface area contributed by atoms with Crippen molar-refractivity contribution in [3.63, 3.8) is 0 Å². The van der Waals surface area contributed by atoms with Gasteiger partial charge in [-0.1, -0.05) is 58.0 Å². The van der Waals surface area contributed by atoms with Crippen LogP contribution in [0.2, 0.25) is 10.0 Å². The van der Waals surface area contributed by atoms with Gasteiger partial charge in [0.25, 0.3) is 0 Å². The Balaban J connectivity index is 3.32. The second kappa shape index (κ2) is 5.27. The summed E-state index contributed by atoms with van der Waals surface area (Å²) < 4.78 is -1.63. The van der Waals surface area contributed by atoms with Crippen LogP contribution in [0.15, 0.2) is 12.1 Å². The van der Waals surface area contributed by atoms with Crippen molar-refractivity contribution in [1.82, 2.24) is 0 Å². The zero-order valence-electron chi connectivity index (χ0n) is 6.88. The van der Waals surface area contributed by atoms with Crippen LogP contribution in [-0.4, -0.2) is 0 Å². The van der Waals surface area contributed by atoms with Crippen LogP contribution in [0.3, 0.4) is 0 Å². The van der Waals surface area contributed by atoms with Gasteiger partial charge in [0.15, 0.2) is 0 Å². The highest BCUT2D eigenvalue weighted by Gasteiger charge is 2.27. The summed E-state index contributed by atoms with van der Waals surface area (Å²) in [4.78, 5) is -0.778. The maximum Gasteiger partial charge on any atom is 0.217 e. The van der Waals surface area contributed by atoms with E-state index in [-0.39, 0.29) is 10.6 Å². The van der Waals surface area contributed by atoms with Gasteiger partial charge in [0.2, 0.25) is 3.79 Å². The Morgan fingerprint density at radius 3 is 1.87 bits per heavy atom. The third-order valence-corrected chi connectivity index (χ3v) is 3.35. The molecule has 7 heteroatoms. The molecule has 0 bridgehead atoms. The second-order valence-corrected chi connectivity index (χ2v) is 6.84. The van der Waals surface area contributed by atoms with Crippen LogP contribution < -0.4 is 0 Å². The lowest BCUT2D eigenvalue weighted by Crippen LogP contribution is -2.02. The summed E-state index contributed by atoms with van der Waals surface area (Å²) in [6, 6.07) is 2.91. The van der Waals surface area contributed by atoms with Crippen molar-refractivity contribution < 1.29 is 0 Å². The largest absolute Gasteiger partial charge is 0.217 e. The molecule has 0 aromatic heterocycles. The molecule has 0 N–H and O–H groups in total. The second-order valence-electron chi connectivity index (χ2n) is 2.65. The first-order valence-corrected chi connectivity index (χ1v) is 6.34. The number of alkyl halides is 5. The Hall–Kier alpha value is 1.25. The summed E-state index contributed by atoms with van der Waals surface area (Å²) in [6.45, 7) is 0. The summed E-state index contributed by atoms with van der Waals surface area (Å²) in [5.41, 5.74) is 0.764. The van der Waals surface area contributed by atoms with Crippen LogP contribution in [0, 0.1) is 0 Å². The molecule has 0 nitrogen and oxygen atoms in total. The van der Waals surface area contributed by atoms with E-state index in [0.717, 1.165) is 0 Å². The third-order valence-electron chi connectivity index (χ3n) is 1.63. The van der Waals surface area contributed by atoms with E-state index in [1.807, 2.05) is 0 Å². The molecule has 0 radical (unpaired) electrons. The molecule has 0 heterocycles. The monoisotopic (exact) mass is 344 g/mol. The normalized spacial score (nSPS) is 12.3. The van der Waals surface area contributed by atoms with Crippen LogP contribution in [0.1, 0.15) is 16.0 Å². The molecule has 0 aliphatic carbocycles. The molecule has 1 aromatic carbocycles. The zero-order valence-corrected chi connectivity index (χ0v) is 12.2. The van der Waals surface area contributed by atoms with Gasteiger partial charge in [-0.05, 0) is 12.1 Å². The lowest BCUT2D eigenvalue weighted by molar-refractivity contribution is 1.22. The standard InChI is InChI=1S/C8H3Cl7/c9-5-2-4(8(13,14)15)6(10)1-3(5)7(11)12/h1-2,7H. The van der Waals surface area contributed by atoms with Gasteiger partial charge in [0.1, 0.15) is 4.84 Å². The molecule has 15 heavy (non-hydrogen) atoms. The fourth-order valence-corrected chi connectivity index (χ4v) is 2.62. The third kappa shape index (κ3) is 3.61. The molecule has 1 aromatic rings. The number of benzene rings is 1. The van der Waals surface area contributed by atoms with E-state index in [1.54, 1.807) is 0 Å². The Labute approximate surface area is 122 Å². The van der Waals surface area contributed by atoms with Crippen molar-refractivity contribution >= 4 is 81.2 Å². The van der Waals surface area contributed by atoms with Crippen LogP contribution in [0.4, 0.5) is 0 Å². The molecule has 0 aliphatic heterocycles. The zero-order chi connectivity index (χ0) is 11.8. The molecule has 0 saturated carbocycles. The van der Waals surface area contributed by atoms with E-state index in [9.17, 15) is 0 Å². The summed E-state index contributed by atoms with van der Waals surface area (Å²) in [5, 5.41) is 0.552. The van der Waals surface area contributed by atoms with Gasteiger partial charge in [-0.2, -0.15) is 0 Å². The van der Waals surface area contributed by atoms with Crippen LogP contribution in [0.5, 0.6) is 0 Å². The Morgan fingerprint density at radius 1 is 0.933 bits per heavy atom. The summed E-state index contributed by atoms with van der Waals surface area (Å²) >= 11 is 40.2. The van der Waals surface area contributed by atoms with E-state index >= 15 is 0 Å². The van der Waals surface area contributed by atoms with Crippen molar-refractivity contribution in [3.05, 3.63) is 33.3 Å². The first-order valence-electron chi connectivity index (χ1n) is 3.57. The van der Waals surface area contributed by atoms with Gasteiger partial charge in [0.05, 0.1) is 0 Å². The molecule has 0 amide bonds. The first kappa shape index (κ1) is 14.3. The highest BCUT2D eigenvalue weighted by Crippen LogP contribution is 2.45. The lowest BCUT2D eigenvalue weighted by atomic mass is 10.1. The van der Waals surface area contributed by atoms with E-state index < -0.39 is 8.63 Å². The van der Waals surface area contributed by atoms with Gasteiger partial charge in [-0.3, -0.25) is 0 Å². The van der Waals surface area contributed by atoms with E-state index in [4.69, 9.17) is 81.2 Å². The van der Waals surface area contributed by atoms with Gasteiger partial charge in [-0.15, -0.1) is 23.2 Å². The van der Waals surface area contributed by atoms with Gasteiger partial charge in [-0.25, -0.2) is 0 Å². The minimum absolute atomic E-state index is 0.251. The fourth-order valence-electron chi connectivity index (χ4n) is 0.947. The molecule has 84 valence electrons. The quantitative estimate of drug-likeness (QED) is 0.523. The minimum atomic E-state index is -1.63. The van der Waals surface area contributed by atoms with Crippen molar-refractivity contribution in [3.8, 4) is 0 Å². The molecule has 1 rings (SSSR count). The van der Waals surface area contributed by atoms with E-state index in [1.165, 1.54) is 12.1 Å². The molecule has 0 atom stereocenters. The topological polar surface area (TPSA) is 0 Å². The predicted octanol–water partition coefficient (Wildman–Crippen LogP) is 6.30. The van der Waals surface area contributed by atoms with Crippen molar-refractivity contribution in [2.45, 2.75) is 8.63 Å². The minimum Gasteiger partial charge on any atom is -0.100 e. The van der Waals surface area contributed by atoms with Gasteiger partial charge in [0, 0.05) is 21.2 Å². The SMILES string of the molecule is Clc1cc(C(Cl)(Cl)Cl)c(Cl)cc1C(Cl)Cl. The number of halogens is 7. The van der Waals surface area contributed by atoms with Crippen LogP contribution in [0.25, 0.3) is 0 Å². The molecule has 0 spiro atoms. The smallest absolute Gasteiger partial charge is 0.100 e. The molecular formula is C8H3Cl7. The Morgan fingerprint density at radius 2 is 1.47 bits per heavy atom. The highest BCUT2D eigenvalue weighted by molar-refractivity contribution is 6.67. The lowest BCUT2D eigenvalue weighted by Gasteiger charge is -2.15. The maximum atomic E-state index is 5.90. The van der Waals surface area contributed by atoms with E-state index in [0.29, 0.717) is 10.6 Å². The molecule has 0 aliphatic rings.